The molecule has 10 nitrogen and oxygen atoms in total. The van der Waals surface area contributed by atoms with Gasteiger partial charge in [-0.05, 0) is 40.0 Å². The van der Waals surface area contributed by atoms with Gasteiger partial charge in [0.05, 0.1) is 18.7 Å². The Balaban J connectivity index is 1.43. The van der Waals surface area contributed by atoms with Crippen LogP contribution in [-0.4, -0.2) is 81.5 Å². The molecule has 3 aliphatic heterocycles. The first kappa shape index (κ1) is 18.7. The number of nitrogens with zero attached hydrogens (tertiary/aromatic N) is 3. The molecule has 3 atom stereocenters. The Bertz CT molecular complexity index is 592. The summed E-state index contributed by atoms with van der Waals surface area (Å²) in [5.74, 6) is -0.421. The Morgan fingerprint density at radius 3 is 2.62 bits per heavy atom. The minimum atomic E-state index is -0.653. The van der Waals surface area contributed by atoms with Crippen LogP contribution >= 0.6 is 0 Å². The van der Waals surface area contributed by atoms with Crippen LogP contribution in [0, 0.1) is 0 Å². The molecule has 0 aromatic carbocycles. The van der Waals surface area contributed by atoms with Crippen molar-refractivity contribution in [3.8, 4) is 0 Å². The van der Waals surface area contributed by atoms with E-state index in [0.717, 1.165) is 6.42 Å². The Hall–Kier alpha value is -2.07. The highest BCUT2D eigenvalue weighted by Crippen LogP contribution is 2.28. The molecule has 0 aromatic rings. The van der Waals surface area contributed by atoms with Crippen molar-refractivity contribution in [1.29, 1.82) is 0 Å². The van der Waals surface area contributed by atoms with Gasteiger partial charge in [-0.1, -0.05) is 0 Å². The fourth-order valence-electron chi connectivity index (χ4n) is 3.38. The number of likely N-dealkylation sites (tertiary alicyclic amines) is 1. The summed E-state index contributed by atoms with van der Waals surface area (Å²) in [5, 5.41) is 10.3. The number of urea groups is 1. The van der Waals surface area contributed by atoms with Crippen LogP contribution in [0.1, 0.15) is 40.0 Å². The van der Waals surface area contributed by atoms with E-state index in [1.165, 1.54) is 4.90 Å². The van der Waals surface area contributed by atoms with Gasteiger partial charge in [-0.2, -0.15) is 0 Å². The van der Waals surface area contributed by atoms with Gasteiger partial charge in [0.1, 0.15) is 11.6 Å². The monoisotopic (exact) mass is 370 g/mol. The van der Waals surface area contributed by atoms with Crippen molar-refractivity contribution >= 4 is 18.0 Å². The number of amides is 4. The van der Waals surface area contributed by atoms with Crippen LogP contribution < -0.4 is 5.48 Å². The number of carbonyl (C=O) groups is 3. The van der Waals surface area contributed by atoms with E-state index >= 15 is 0 Å². The molecule has 146 valence electrons. The standard InChI is InChI=1S/C16H26N4O6/c1-16(2,3)26-15(23)18-7-6-11(18)9-25-17-13(21)12-5-4-10-8-19(12)14(22)20(10)24/h10-12,24H,4-9H2,1-3H3,(H,17,21)/t10?,11-,12?/m0/s1. The van der Waals surface area contributed by atoms with E-state index in [2.05, 4.69) is 5.48 Å². The van der Waals surface area contributed by atoms with Gasteiger partial charge >= 0.3 is 12.1 Å². The van der Waals surface area contributed by atoms with Crippen molar-refractivity contribution in [3.63, 3.8) is 0 Å². The molecule has 2 unspecified atom stereocenters. The van der Waals surface area contributed by atoms with Gasteiger partial charge in [0.15, 0.2) is 0 Å². The summed E-state index contributed by atoms with van der Waals surface area (Å²) in [6.45, 7) is 6.49. The van der Waals surface area contributed by atoms with Crippen molar-refractivity contribution in [2.45, 2.75) is 63.8 Å². The predicted molar refractivity (Wildman–Crippen MR) is 88.0 cm³/mol. The van der Waals surface area contributed by atoms with E-state index in [1.54, 1.807) is 25.7 Å². The summed E-state index contributed by atoms with van der Waals surface area (Å²) >= 11 is 0. The number of hydrogen-bond acceptors (Lipinski definition) is 6. The molecular weight excluding hydrogens is 344 g/mol. The van der Waals surface area contributed by atoms with Gasteiger partial charge in [-0.25, -0.2) is 20.1 Å². The van der Waals surface area contributed by atoms with E-state index in [4.69, 9.17) is 9.57 Å². The molecule has 0 radical (unpaired) electrons. The quantitative estimate of drug-likeness (QED) is 0.557. The molecule has 0 spiro atoms. The molecule has 3 rings (SSSR count). The predicted octanol–water partition coefficient (Wildman–Crippen LogP) is 0.701. The number of rotatable bonds is 4. The molecule has 3 aliphatic rings. The molecular formula is C16H26N4O6. The smallest absolute Gasteiger partial charge is 0.410 e. The maximum absolute atomic E-state index is 12.3. The summed E-state index contributed by atoms with van der Waals surface area (Å²) in [6, 6.07) is -1.60. The highest BCUT2D eigenvalue weighted by atomic mass is 16.7. The zero-order valence-corrected chi connectivity index (χ0v) is 15.3. The lowest BCUT2D eigenvalue weighted by Gasteiger charge is -2.41. The van der Waals surface area contributed by atoms with Crippen LogP contribution in [0.4, 0.5) is 9.59 Å². The molecule has 4 amide bonds. The maximum atomic E-state index is 12.3. The van der Waals surface area contributed by atoms with Gasteiger partial charge in [0.25, 0.3) is 5.91 Å². The fourth-order valence-corrected chi connectivity index (χ4v) is 3.38. The number of piperidine rings is 1. The number of ether oxygens (including phenoxy) is 1. The lowest BCUT2D eigenvalue weighted by Crippen LogP contribution is -2.56. The maximum Gasteiger partial charge on any atom is 0.410 e. The third-order valence-electron chi connectivity index (χ3n) is 4.87. The van der Waals surface area contributed by atoms with E-state index < -0.39 is 29.7 Å². The summed E-state index contributed by atoms with van der Waals surface area (Å²) in [7, 11) is 0. The van der Waals surface area contributed by atoms with E-state index in [1.807, 2.05) is 0 Å². The second-order valence-corrected chi connectivity index (χ2v) is 7.92. The number of hydroxylamine groups is 3. The number of fused-ring (bicyclic) bond motifs is 2. The van der Waals surface area contributed by atoms with Gasteiger partial charge < -0.3 is 14.5 Å². The van der Waals surface area contributed by atoms with Crippen LogP contribution in [0.2, 0.25) is 0 Å². The Morgan fingerprint density at radius 2 is 2.00 bits per heavy atom. The van der Waals surface area contributed by atoms with Crippen LogP contribution in [0.25, 0.3) is 0 Å². The molecule has 2 N–H and O–H groups in total. The zero-order chi connectivity index (χ0) is 19.1. The average Bonchev–Trinajstić information content (AvgIpc) is 2.73. The van der Waals surface area contributed by atoms with Crippen molar-refractivity contribution in [2.24, 2.45) is 0 Å². The largest absolute Gasteiger partial charge is 0.444 e. The lowest BCUT2D eigenvalue weighted by molar-refractivity contribution is -0.141. The molecule has 0 aliphatic carbocycles. The van der Waals surface area contributed by atoms with E-state index in [0.29, 0.717) is 31.0 Å². The highest BCUT2D eigenvalue weighted by molar-refractivity contribution is 5.87. The van der Waals surface area contributed by atoms with Crippen molar-refractivity contribution in [2.75, 3.05) is 19.7 Å². The Labute approximate surface area is 151 Å². The van der Waals surface area contributed by atoms with Gasteiger partial charge in [-0.15, -0.1) is 0 Å². The van der Waals surface area contributed by atoms with E-state index in [9.17, 15) is 19.6 Å². The Morgan fingerprint density at radius 1 is 1.27 bits per heavy atom. The number of hydrogen-bond donors (Lipinski definition) is 2. The van der Waals surface area contributed by atoms with Crippen LogP contribution in [0.5, 0.6) is 0 Å². The minimum Gasteiger partial charge on any atom is -0.444 e. The van der Waals surface area contributed by atoms with Gasteiger partial charge in [0, 0.05) is 13.1 Å². The van der Waals surface area contributed by atoms with Crippen LogP contribution in [-0.2, 0) is 14.4 Å². The van der Waals surface area contributed by atoms with Gasteiger partial charge in [0.2, 0.25) is 0 Å². The molecule has 0 saturated carbocycles. The fraction of sp³-hybridized carbons (Fsp3) is 0.812. The SMILES string of the molecule is CC(C)(C)OC(=O)N1CC[C@H]1CONC(=O)C1CCC2CN1C(=O)N2O. The first-order valence-corrected chi connectivity index (χ1v) is 8.87. The third-order valence-corrected chi connectivity index (χ3v) is 4.87. The number of carbonyl (C=O) groups excluding carboxylic acids is 3. The molecule has 2 bridgehead atoms. The molecule has 0 aromatic heterocycles. The van der Waals surface area contributed by atoms with Crippen LogP contribution in [0.3, 0.4) is 0 Å². The number of nitrogens with one attached hydrogen (secondary N) is 1. The summed E-state index contributed by atoms with van der Waals surface area (Å²) in [6.07, 6.45) is 1.40. The minimum absolute atomic E-state index is 0.151. The molecule has 3 fully saturated rings. The highest BCUT2D eigenvalue weighted by Gasteiger charge is 2.47. The summed E-state index contributed by atoms with van der Waals surface area (Å²) < 4.78 is 5.32. The van der Waals surface area contributed by atoms with Crippen molar-refractivity contribution < 1.29 is 29.2 Å². The molecule has 26 heavy (non-hydrogen) atoms. The second-order valence-electron chi connectivity index (χ2n) is 7.92. The summed E-state index contributed by atoms with van der Waals surface area (Å²) in [5.41, 5.74) is 1.80. The summed E-state index contributed by atoms with van der Waals surface area (Å²) in [4.78, 5) is 44.4. The van der Waals surface area contributed by atoms with E-state index in [-0.39, 0.29) is 18.7 Å². The van der Waals surface area contributed by atoms with Crippen LogP contribution in [0.15, 0.2) is 0 Å². The molecule has 3 heterocycles. The second kappa shape index (κ2) is 6.92. The van der Waals surface area contributed by atoms with Gasteiger partial charge in [-0.3, -0.25) is 14.8 Å². The normalized spacial score (nSPS) is 28.1. The average molecular weight is 370 g/mol. The zero-order valence-electron chi connectivity index (χ0n) is 15.3. The molecule has 3 saturated heterocycles. The first-order valence-electron chi connectivity index (χ1n) is 8.87. The van der Waals surface area contributed by atoms with Crippen molar-refractivity contribution in [3.05, 3.63) is 0 Å². The topological polar surface area (TPSA) is 112 Å². The van der Waals surface area contributed by atoms with Crippen molar-refractivity contribution in [1.82, 2.24) is 20.3 Å². The third kappa shape index (κ3) is 3.70. The Kier molecular flexibility index (Phi) is 4.98. The molecule has 10 heteroatoms. The first-order chi connectivity index (χ1) is 12.2. The lowest BCUT2D eigenvalue weighted by atomic mass is 10.0.